The zero-order valence-corrected chi connectivity index (χ0v) is 13.1. The molecule has 2 fully saturated rings. The summed E-state index contributed by atoms with van der Waals surface area (Å²) in [6, 6.07) is 0. The summed E-state index contributed by atoms with van der Waals surface area (Å²) in [5.74, 6) is -0.737. The minimum Gasteiger partial charge on any atom is -0.348 e. The fourth-order valence-electron chi connectivity index (χ4n) is 3.29. The Labute approximate surface area is 125 Å². The van der Waals surface area contributed by atoms with Gasteiger partial charge in [-0.3, -0.25) is 9.59 Å². The maximum absolute atomic E-state index is 12.5. The normalized spacial score (nSPS) is 27.9. The number of Topliss-reactive ketones (excluding diaryl/α,β-unsaturated/α-hetero) is 3. The molecule has 0 N–H and O–H groups in total. The van der Waals surface area contributed by atoms with Crippen molar-refractivity contribution in [1.29, 1.82) is 0 Å². The Morgan fingerprint density at radius 1 is 1.24 bits per heavy atom. The van der Waals surface area contributed by atoms with Crippen molar-refractivity contribution in [2.45, 2.75) is 71.2 Å². The molecule has 21 heavy (non-hydrogen) atoms. The van der Waals surface area contributed by atoms with Gasteiger partial charge in [-0.15, -0.1) is 0 Å². The van der Waals surface area contributed by atoms with E-state index in [0.29, 0.717) is 38.7 Å². The Balaban J connectivity index is 2.17. The molecule has 0 unspecified atom stereocenters. The van der Waals surface area contributed by atoms with Crippen LogP contribution in [-0.4, -0.2) is 35.8 Å². The molecule has 5 heteroatoms. The van der Waals surface area contributed by atoms with Gasteiger partial charge in [-0.05, 0) is 40.0 Å². The van der Waals surface area contributed by atoms with E-state index in [4.69, 9.17) is 9.47 Å². The third kappa shape index (κ3) is 3.58. The topological polar surface area (TPSA) is 69.7 Å². The Morgan fingerprint density at radius 3 is 2.33 bits per heavy atom. The lowest BCUT2D eigenvalue weighted by Crippen LogP contribution is -2.45. The van der Waals surface area contributed by atoms with Crippen molar-refractivity contribution in [3.05, 3.63) is 0 Å². The zero-order chi connectivity index (χ0) is 15.7. The first-order valence-corrected chi connectivity index (χ1v) is 7.63. The highest BCUT2D eigenvalue weighted by Crippen LogP contribution is 2.41. The summed E-state index contributed by atoms with van der Waals surface area (Å²) < 4.78 is 11.3. The van der Waals surface area contributed by atoms with Crippen molar-refractivity contribution < 1.29 is 23.9 Å². The van der Waals surface area contributed by atoms with E-state index in [0.717, 1.165) is 0 Å². The van der Waals surface area contributed by atoms with Crippen LogP contribution in [0.3, 0.4) is 0 Å². The Hall–Kier alpha value is -1.07. The average Bonchev–Trinajstić information content (AvgIpc) is 2.72. The molecule has 1 saturated carbocycles. The molecule has 0 amide bonds. The van der Waals surface area contributed by atoms with Gasteiger partial charge < -0.3 is 14.3 Å². The molecule has 2 rings (SSSR count). The molecule has 0 bridgehead atoms. The van der Waals surface area contributed by atoms with Gasteiger partial charge >= 0.3 is 0 Å². The second-order valence-corrected chi connectivity index (χ2v) is 6.64. The molecule has 1 saturated heterocycles. The Kier molecular flexibility index (Phi) is 4.63. The van der Waals surface area contributed by atoms with Crippen LogP contribution in [0, 0.1) is 5.41 Å². The first-order valence-electron chi connectivity index (χ1n) is 7.63. The monoisotopic (exact) mass is 296 g/mol. The molecule has 0 aromatic carbocycles. The molecule has 1 heterocycles. The van der Waals surface area contributed by atoms with Crippen LogP contribution in [0.15, 0.2) is 0 Å². The van der Waals surface area contributed by atoms with Gasteiger partial charge in [0.05, 0.1) is 18.1 Å². The summed E-state index contributed by atoms with van der Waals surface area (Å²) in [6.07, 6.45) is 2.09. The van der Waals surface area contributed by atoms with Crippen LogP contribution in [0.1, 0.15) is 59.3 Å². The maximum atomic E-state index is 12.5. The lowest BCUT2D eigenvalue weighted by Gasteiger charge is -2.35. The van der Waals surface area contributed by atoms with Crippen molar-refractivity contribution >= 4 is 17.3 Å². The summed E-state index contributed by atoms with van der Waals surface area (Å²) in [4.78, 5) is 36.2. The molecular weight excluding hydrogens is 272 g/mol. The number of ether oxygens (including phenoxy) is 2. The smallest absolute Gasteiger partial charge is 0.163 e. The van der Waals surface area contributed by atoms with Crippen LogP contribution in [-0.2, 0) is 23.9 Å². The molecule has 0 aromatic rings. The van der Waals surface area contributed by atoms with Gasteiger partial charge in [-0.2, -0.15) is 0 Å². The van der Waals surface area contributed by atoms with Crippen molar-refractivity contribution in [3.63, 3.8) is 0 Å². The summed E-state index contributed by atoms with van der Waals surface area (Å²) in [5, 5.41) is 0. The molecule has 2 aliphatic rings. The SMILES string of the molecule is CC(=O)CCC1(C[C@H]2COC(C)(C)O2)C(=O)CCCC1=O. The molecule has 0 spiro atoms. The largest absolute Gasteiger partial charge is 0.348 e. The second-order valence-electron chi connectivity index (χ2n) is 6.64. The highest BCUT2D eigenvalue weighted by molar-refractivity contribution is 6.09. The standard InChI is InChI=1S/C16H24O5/c1-11(17)7-8-16(13(18)5-4-6-14(16)19)9-12-10-20-15(2,3)21-12/h12H,4-10H2,1-3H3/t12-/m0/s1. The summed E-state index contributed by atoms with van der Waals surface area (Å²) in [6.45, 7) is 5.51. The number of hydrogen-bond acceptors (Lipinski definition) is 5. The fraction of sp³-hybridized carbons (Fsp3) is 0.812. The molecule has 1 aliphatic heterocycles. The lowest BCUT2D eigenvalue weighted by molar-refractivity contribution is -0.156. The van der Waals surface area contributed by atoms with E-state index in [1.165, 1.54) is 6.92 Å². The van der Waals surface area contributed by atoms with Gasteiger partial charge in [0.1, 0.15) is 17.3 Å². The van der Waals surface area contributed by atoms with Crippen LogP contribution in [0.4, 0.5) is 0 Å². The van der Waals surface area contributed by atoms with Crippen molar-refractivity contribution in [2.24, 2.45) is 5.41 Å². The van der Waals surface area contributed by atoms with Crippen LogP contribution in [0.2, 0.25) is 0 Å². The minimum atomic E-state index is -1.04. The molecular formula is C16H24O5. The first-order chi connectivity index (χ1) is 9.75. The van der Waals surface area contributed by atoms with Crippen molar-refractivity contribution in [3.8, 4) is 0 Å². The molecule has 118 valence electrons. The average molecular weight is 296 g/mol. The predicted molar refractivity (Wildman–Crippen MR) is 75.7 cm³/mol. The van der Waals surface area contributed by atoms with Gasteiger partial charge in [-0.1, -0.05) is 0 Å². The Morgan fingerprint density at radius 2 is 1.86 bits per heavy atom. The quantitative estimate of drug-likeness (QED) is 0.727. The summed E-state index contributed by atoms with van der Waals surface area (Å²) in [7, 11) is 0. The van der Waals surface area contributed by atoms with E-state index in [-0.39, 0.29) is 29.9 Å². The highest BCUT2D eigenvalue weighted by Gasteiger charge is 2.49. The van der Waals surface area contributed by atoms with Crippen LogP contribution < -0.4 is 0 Å². The number of carbonyl (C=O) groups excluding carboxylic acids is 3. The minimum absolute atomic E-state index is 0.00414. The van der Waals surface area contributed by atoms with Crippen molar-refractivity contribution in [2.75, 3.05) is 6.61 Å². The van der Waals surface area contributed by atoms with E-state index in [1.54, 1.807) is 0 Å². The van der Waals surface area contributed by atoms with Gasteiger partial charge in [0.15, 0.2) is 5.79 Å². The zero-order valence-electron chi connectivity index (χ0n) is 13.1. The molecule has 1 atom stereocenters. The van der Waals surface area contributed by atoms with E-state index in [2.05, 4.69) is 0 Å². The first kappa shape index (κ1) is 16.3. The van der Waals surface area contributed by atoms with Gasteiger partial charge in [0, 0.05) is 19.3 Å². The number of hydrogen-bond donors (Lipinski definition) is 0. The maximum Gasteiger partial charge on any atom is 0.163 e. The third-order valence-electron chi connectivity index (χ3n) is 4.42. The van der Waals surface area contributed by atoms with Crippen LogP contribution >= 0.6 is 0 Å². The molecule has 0 aromatic heterocycles. The number of rotatable bonds is 5. The van der Waals surface area contributed by atoms with Crippen molar-refractivity contribution in [1.82, 2.24) is 0 Å². The van der Waals surface area contributed by atoms with Gasteiger partial charge in [-0.25, -0.2) is 0 Å². The Bertz CT molecular complexity index is 436. The molecule has 1 aliphatic carbocycles. The fourth-order valence-corrected chi connectivity index (χ4v) is 3.29. The van der Waals surface area contributed by atoms with E-state index in [1.807, 2.05) is 13.8 Å². The summed E-state index contributed by atoms with van der Waals surface area (Å²) in [5.41, 5.74) is -1.04. The molecule has 5 nitrogen and oxygen atoms in total. The van der Waals surface area contributed by atoms with Crippen LogP contribution in [0.25, 0.3) is 0 Å². The molecule has 0 radical (unpaired) electrons. The number of ketones is 3. The highest BCUT2D eigenvalue weighted by atomic mass is 16.7. The lowest BCUT2D eigenvalue weighted by atomic mass is 9.66. The van der Waals surface area contributed by atoms with Crippen LogP contribution in [0.5, 0.6) is 0 Å². The summed E-state index contributed by atoms with van der Waals surface area (Å²) >= 11 is 0. The van der Waals surface area contributed by atoms with E-state index >= 15 is 0 Å². The van der Waals surface area contributed by atoms with E-state index < -0.39 is 11.2 Å². The second kappa shape index (κ2) is 5.97. The van der Waals surface area contributed by atoms with E-state index in [9.17, 15) is 14.4 Å². The number of carbonyl (C=O) groups is 3. The predicted octanol–water partition coefficient (Wildman–Crippen LogP) is 2.21. The van der Waals surface area contributed by atoms with Gasteiger partial charge in [0.2, 0.25) is 0 Å². The third-order valence-corrected chi connectivity index (χ3v) is 4.42. The van der Waals surface area contributed by atoms with Gasteiger partial charge in [0.25, 0.3) is 0 Å².